The van der Waals surface area contributed by atoms with Crippen LogP contribution in [0.25, 0.3) is 0 Å². The lowest BCUT2D eigenvalue weighted by atomic mass is 10.2. The van der Waals surface area contributed by atoms with Gasteiger partial charge in [0.2, 0.25) is 15.9 Å². The van der Waals surface area contributed by atoms with Crippen molar-refractivity contribution in [2.75, 3.05) is 34.4 Å². The molecule has 0 saturated heterocycles. The molecule has 0 radical (unpaired) electrons. The second-order valence-corrected chi connectivity index (χ2v) is 8.22. The van der Waals surface area contributed by atoms with Crippen molar-refractivity contribution in [2.24, 2.45) is 0 Å². The van der Waals surface area contributed by atoms with Gasteiger partial charge in [-0.15, -0.1) is 0 Å². The molecule has 1 amide bonds. The summed E-state index contributed by atoms with van der Waals surface area (Å²) in [6.45, 7) is 2.53. The third-order valence-electron chi connectivity index (χ3n) is 4.37. The van der Waals surface area contributed by atoms with Crippen LogP contribution in [0.4, 0.5) is 0 Å². The van der Waals surface area contributed by atoms with E-state index in [1.807, 2.05) is 37.3 Å². The van der Waals surface area contributed by atoms with Crippen molar-refractivity contribution in [3.8, 4) is 11.5 Å². The number of carbonyl (C=O) groups is 1. The van der Waals surface area contributed by atoms with Crippen LogP contribution in [0, 0.1) is 0 Å². The van der Waals surface area contributed by atoms with E-state index in [4.69, 9.17) is 9.47 Å². The van der Waals surface area contributed by atoms with Crippen LogP contribution in [0.1, 0.15) is 12.5 Å². The van der Waals surface area contributed by atoms with Crippen LogP contribution in [0.2, 0.25) is 0 Å². The molecule has 0 aliphatic heterocycles. The summed E-state index contributed by atoms with van der Waals surface area (Å²) in [6, 6.07) is 13.9. The fourth-order valence-corrected chi connectivity index (χ4v) is 3.85. The first kappa shape index (κ1) is 21.7. The number of rotatable bonds is 9. The van der Waals surface area contributed by atoms with Crippen molar-refractivity contribution in [3.05, 3.63) is 54.1 Å². The fraction of sp³-hybridized carbons (Fsp3) is 0.350. The van der Waals surface area contributed by atoms with Gasteiger partial charge in [-0.25, -0.2) is 8.42 Å². The lowest BCUT2D eigenvalue weighted by Crippen LogP contribution is -2.40. The Kier molecular flexibility index (Phi) is 7.42. The lowest BCUT2D eigenvalue weighted by Gasteiger charge is -2.24. The highest BCUT2D eigenvalue weighted by Crippen LogP contribution is 2.30. The summed E-state index contributed by atoms with van der Waals surface area (Å²) >= 11 is 0. The van der Waals surface area contributed by atoms with Crippen LogP contribution >= 0.6 is 0 Å². The van der Waals surface area contributed by atoms with Gasteiger partial charge >= 0.3 is 0 Å². The molecule has 0 spiro atoms. The van der Waals surface area contributed by atoms with Gasteiger partial charge in [0.05, 0.1) is 25.7 Å². The van der Waals surface area contributed by atoms with Gasteiger partial charge in [-0.05, 0) is 24.6 Å². The molecule has 0 fully saturated rings. The monoisotopic (exact) mass is 406 g/mol. The second kappa shape index (κ2) is 9.57. The van der Waals surface area contributed by atoms with Crippen LogP contribution in [-0.2, 0) is 21.4 Å². The summed E-state index contributed by atoms with van der Waals surface area (Å²) in [5.41, 5.74) is 0.989. The van der Waals surface area contributed by atoms with Crippen LogP contribution in [0.5, 0.6) is 11.5 Å². The van der Waals surface area contributed by atoms with Gasteiger partial charge < -0.3 is 14.4 Å². The molecule has 0 saturated carbocycles. The van der Waals surface area contributed by atoms with E-state index >= 15 is 0 Å². The van der Waals surface area contributed by atoms with Gasteiger partial charge in [-0.3, -0.25) is 4.79 Å². The number of likely N-dealkylation sites (N-methyl/N-ethyl adjacent to an activating group) is 2. The molecule has 0 aliphatic rings. The van der Waals surface area contributed by atoms with E-state index in [1.54, 1.807) is 4.90 Å². The van der Waals surface area contributed by atoms with Gasteiger partial charge in [-0.1, -0.05) is 30.3 Å². The van der Waals surface area contributed by atoms with E-state index in [0.29, 0.717) is 24.6 Å². The van der Waals surface area contributed by atoms with Crippen LogP contribution in [0.15, 0.2) is 53.4 Å². The summed E-state index contributed by atoms with van der Waals surface area (Å²) < 4.78 is 37.1. The van der Waals surface area contributed by atoms with Crippen molar-refractivity contribution in [1.82, 2.24) is 9.21 Å². The summed E-state index contributed by atoms with van der Waals surface area (Å²) in [4.78, 5) is 14.3. The molecule has 0 heterocycles. The molecule has 2 aromatic carbocycles. The normalized spacial score (nSPS) is 11.3. The minimum Gasteiger partial charge on any atom is -0.493 e. The zero-order valence-electron chi connectivity index (χ0n) is 16.6. The number of nitrogens with zero attached hydrogens (tertiary/aromatic N) is 2. The van der Waals surface area contributed by atoms with Crippen molar-refractivity contribution < 1.29 is 22.7 Å². The van der Waals surface area contributed by atoms with E-state index in [2.05, 4.69) is 0 Å². The number of amides is 1. The number of ether oxygens (including phenoxy) is 2. The topological polar surface area (TPSA) is 76.2 Å². The van der Waals surface area contributed by atoms with Crippen LogP contribution < -0.4 is 9.47 Å². The largest absolute Gasteiger partial charge is 0.493 e. The molecule has 7 nitrogen and oxygen atoms in total. The Bertz CT molecular complexity index is 900. The Balaban J connectivity index is 2.15. The number of sulfonamides is 1. The van der Waals surface area contributed by atoms with Crippen molar-refractivity contribution >= 4 is 15.9 Å². The summed E-state index contributed by atoms with van der Waals surface area (Å²) in [5, 5.41) is 0. The fourth-order valence-electron chi connectivity index (χ4n) is 2.71. The molecular formula is C20H26N2O5S. The Morgan fingerprint density at radius 1 is 1.00 bits per heavy atom. The first-order valence-electron chi connectivity index (χ1n) is 8.83. The first-order chi connectivity index (χ1) is 13.3. The van der Waals surface area contributed by atoms with E-state index in [0.717, 1.165) is 9.87 Å². The average molecular weight is 407 g/mol. The minimum absolute atomic E-state index is 0.0338. The zero-order chi connectivity index (χ0) is 20.7. The maximum absolute atomic E-state index is 12.9. The highest BCUT2D eigenvalue weighted by molar-refractivity contribution is 7.89. The Morgan fingerprint density at radius 2 is 1.64 bits per heavy atom. The molecule has 0 N–H and O–H groups in total. The number of benzene rings is 2. The minimum atomic E-state index is -3.86. The average Bonchev–Trinajstić information content (AvgIpc) is 2.71. The van der Waals surface area contributed by atoms with Crippen LogP contribution in [-0.4, -0.2) is 57.9 Å². The van der Waals surface area contributed by atoms with E-state index in [-0.39, 0.29) is 17.3 Å². The number of hydrogen-bond acceptors (Lipinski definition) is 5. The molecule has 0 unspecified atom stereocenters. The highest BCUT2D eigenvalue weighted by atomic mass is 32.2. The third kappa shape index (κ3) is 5.02. The number of methoxy groups -OCH3 is 2. The molecule has 0 atom stereocenters. The van der Waals surface area contributed by atoms with E-state index in [9.17, 15) is 13.2 Å². The quantitative estimate of drug-likeness (QED) is 0.639. The predicted molar refractivity (Wildman–Crippen MR) is 107 cm³/mol. The molecular weight excluding hydrogens is 380 g/mol. The van der Waals surface area contributed by atoms with Gasteiger partial charge in [0.25, 0.3) is 0 Å². The Hall–Kier alpha value is -2.58. The van der Waals surface area contributed by atoms with Crippen molar-refractivity contribution in [3.63, 3.8) is 0 Å². The molecule has 8 heteroatoms. The molecule has 2 aromatic rings. The van der Waals surface area contributed by atoms with E-state index in [1.165, 1.54) is 39.5 Å². The maximum atomic E-state index is 12.9. The van der Waals surface area contributed by atoms with Crippen molar-refractivity contribution in [2.45, 2.75) is 18.4 Å². The third-order valence-corrected chi connectivity index (χ3v) is 6.17. The standard InChI is InChI=1S/C20H26N2O5S/c1-5-22(14-16-9-7-6-8-10-16)20(23)15-21(2)28(24,25)17-11-12-18(26-3)19(13-17)27-4/h6-13H,5,14-15H2,1-4H3. The molecule has 2 rings (SSSR count). The highest BCUT2D eigenvalue weighted by Gasteiger charge is 2.26. The molecule has 28 heavy (non-hydrogen) atoms. The smallest absolute Gasteiger partial charge is 0.243 e. The van der Waals surface area contributed by atoms with Gasteiger partial charge in [0, 0.05) is 26.2 Å². The Morgan fingerprint density at radius 3 is 2.21 bits per heavy atom. The van der Waals surface area contributed by atoms with Crippen molar-refractivity contribution in [1.29, 1.82) is 0 Å². The van der Waals surface area contributed by atoms with Crippen LogP contribution in [0.3, 0.4) is 0 Å². The molecule has 152 valence electrons. The lowest BCUT2D eigenvalue weighted by molar-refractivity contribution is -0.131. The Labute approximate surface area is 166 Å². The predicted octanol–water partition coefficient (Wildman–Crippen LogP) is 2.37. The SMILES string of the molecule is CCN(Cc1ccccc1)C(=O)CN(C)S(=O)(=O)c1ccc(OC)c(OC)c1. The van der Waals surface area contributed by atoms with E-state index < -0.39 is 10.0 Å². The molecule has 0 bridgehead atoms. The zero-order valence-corrected chi connectivity index (χ0v) is 17.4. The maximum Gasteiger partial charge on any atom is 0.243 e. The summed E-state index contributed by atoms with van der Waals surface area (Å²) in [6.07, 6.45) is 0. The van der Waals surface area contributed by atoms with Gasteiger partial charge in [-0.2, -0.15) is 4.31 Å². The molecule has 0 aliphatic carbocycles. The summed E-state index contributed by atoms with van der Waals surface area (Å²) in [7, 11) is 0.443. The number of hydrogen-bond donors (Lipinski definition) is 0. The molecule has 0 aromatic heterocycles. The van der Waals surface area contributed by atoms with Gasteiger partial charge in [0.1, 0.15) is 0 Å². The number of carbonyl (C=O) groups excluding carboxylic acids is 1. The van der Waals surface area contributed by atoms with Gasteiger partial charge in [0.15, 0.2) is 11.5 Å². The second-order valence-electron chi connectivity index (χ2n) is 6.17. The first-order valence-corrected chi connectivity index (χ1v) is 10.3. The summed E-state index contributed by atoms with van der Waals surface area (Å²) in [5.74, 6) is 0.473.